The lowest BCUT2D eigenvalue weighted by Crippen LogP contribution is -2.49. The molecule has 0 saturated carbocycles. The van der Waals surface area contributed by atoms with Crippen molar-refractivity contribution in [1.82, 2.24) is 9.80 Å². The fraction of sp³-hybridized carbons (Fsp3) is 0.480. The molecule has 1 amide bonds. The van der Waals surface area contributed by atoms with E-state index in [1.54, 1.807) is 11.0 Å². The second-order valence-electron chi connectivity index (χ2n) is 9.29. The predicted molar refractivity (Wildman–Crippen MR) is 120 cm³/mol. The summed E-state index contributed by atoms with van der Waals surface area (Å²) in [5.41, 5.74) is 0.0341. The summed E-state index contributed by atoms with van der Waals surface area (Å²) in [5, 5.41) is 0. The Bertz CT molecular complexity index is 964. The minimum atomic E-state index is -4.39. The molecule has 0 aliphatic carbocycles. The Morgan fingerprint density at radius 2 is 1.62 bits per heavy atom. The Labute approximate surface area is 197 Å². The molecule has 2 aromatic carbocycles. The lowest BCUT2D eigenvalue weighted by Gasteiger charge is -2.35. The van der Waals surface area contributed by atoms with Crippen LogP contribution in [0.5, 0.6) is 5.75 Å². The van der Waals surface area contributed by atoms with Gasteiger partial charge in [-0.15, -0.1) is 0 Å². The molecule has 3 rings (SSSR count). The highest BCUT2D eigenvalue weighted by molar-refractivity contribution is 5.68. The topological polar surface area (TPSA) is 42.0 Å². The molecule has 1 aliphatic heterocycles. The van der Waals surface area contributed by atoms with Crippen molar-refractivity contribution in [2.45, 2.75) is 45.5 Å². The van der Waals surface area contributed by atoms with Crippen LogP contribution >= 0.6 is 0 Å². The van der Waals surface area contributed by atoms with Crippen molar-refractivity contribution in [1.29, 1.82) is 0 Å². The highest BCUT2D eigenvalue weighted by Crippen LogP contribution is 2.30. The van der Waals surface area contributed by atoms with Gasteiger partial charge in [0, 0.05) is 44.7 Å². The maximum absolute atomic E-state index is 14.6. The summed E-state index contributed by atoms with van der Waals surface area (Å²) in [7, 11) is 0. The third-order valence-electron chi connectivity index (χ3n) is 5.38. The zero-order valence-corrected chi connectivity index (χ0v) is 19.6. The molecule has 0 unspecified atom stereocenters. The molecule has 1 saturated heterocycles. The molecule has 1 aliphatic rings. The predicted octanol–water partition coefficient (Wildman–Crippen LogP) is 5.52. The molecule has 0 atom stereocenters. The van der Waals surface area contributed by atoms with Crippen molar-refractivity contribution in [2.24, 2.45) is 0 Å². The fourth-order valence-corrected chi connectivity index (χ4v) is 3.56. The third kappa shape index (κ3) is 7.62. The lowest BCUT2D eigenvalue weighted by molar-refractivity contribution is -0.137. The number of carbonyl (C=O) groups is 1. The van der Waals surface area contributed by atoms with E-state index in [1.165, 1.54) is 18.2 Å². The third-order valence-corrected chi connectivity index (χ3v) is 5.38. The van der Waals surface area contributed by atoms with Gasteiger partial charge in [-0.05, 0) is 56.7 Å². The number of carbonyl (C=O) groups excluding carboxylic acids is 1. The summed E-state index contributed by atoms with van der Waals surface area (Å²) in [6.07, 6.45) is -4.29. The molecule has 0 radical (unpaired) electrons. The van der Waals surface area contributed by atoms with Crippen LogP contribution in [0.4, 0.5) is 22.4 Å². The smallest absolute Gasteiger partial charge is 0.416 e. The van der Waals surface area contributed by atoms with Gasteiger partial charge in [0.25, 0.3) is 0 Å². The summed E-state index contributed by atoms with van der Waals surface area (Å²) in [6.45, 7) is 8.44. The van der Waals surface area contributed by atoms with Gasteiger partial charge < -0.3 is 14.4 Å². The van der Waals surface area contributed by atoms with E-state index in [-0.39, 0.29) is 18.5 Å². The zero-order chi connectivity index (χ0) is 24.9. The largest absolute Gasteiger partial charge is 0.493 e. The lowest BCUT2D eigenvalue weighted by atomic mass is 10.1. The average Bonchev–Trinajstić information content (AvgIpc) is 2.74. The molecule has 0 aromatic heterocycles. The van der Waals surface area contributed by atoms with E-state index in [0.29, 0.717) is 50.5 Å². The van der Waals surface area contributed by atoms with Crippen LogP contribution in [0.3, 0.4) is 0 Å². The van der Waals surface area contributed by atoms with E-state index in [0.717, 1.165) is 17.7 Å². The van der Waals surface area contributed by atoms with E-state index in [2.05, 4.69) is 4.90 Å². The van der Waals surface area contributed by atoms with Gasteiger partial charge in [-0.3, -0.25) is 4.90 Å². The molecule has 1 fully saturated rings. The Morgan fingerprint density at radius 3 is 2.18 bits per heavy atom. The van der Waals surface area contributed by atoms with Crippen LogP contribution < -0.4 is 4.74 Å². The minimum Gasteiger partial charge on any atom is -0.493 e. The average molecular weight is 483 g/mol. The number of hydrogen-bond acceptors (Lipinski definition) is 4. The van der Waals surface area contributed by atoms with Crippen molar-refractivity contribution in [3.8, 4) is 5.75 Å². The normalized spacial score (nSPS) is 15.3. The first-order valence-corrected chi connectivity index (χ1v) is 11.2. The van der Waals surface area contributed by atoms with Crippen LogP contribution in [0, 0.1) is 5.82 Å². The standard InChI is InChI=1S/C25H30F4N2O3/c1-24(2,3)34-23(32)31-13-11-30(12-14-31)17-19-5-4-18(16-22(19)26)10-15-33-21-8-6-20(7-9-21)25(27,28)29/h4-9,16H,10-15,17H2,1-3H3. The summed E-state index contributed by atoms with van der Waals surface area (Å²) in [6, 6.07) is 9.51. The van der Waals surface area contributed by atoms with Crippen LogP contribution in [0.2, 0.25) is 0 Å². The Morgan fingerprint density at radius 1 is 0.971 bits per heavy atom. The molecule has 0 spiro atoms. The molecule has 34 heavy (non-hydrogen) atoms. The second kappa shape index (κ2) is 10.6. The first kappa shape index (κ1) is 25.8. The quantitative estimate of drug-likeness (QED) is 0.509. The second-order valence-corrected chi connectivity index (χ2v) is 9.29. The molecule has 0 N–H and O–H groups in total. The van der Waals surface area contributed by atoms with E-state index in [9.17, 15) is 22.4 Å². The van der Waals surface area contributed by atoms with E-state index < -0.39 is 17.3 Å². The van der Waals surface area contributed by atoms with Crippen LogP contribution in [0.1, 0.15) is 37.5 Å². The van der Waals surface area contributed by atoms with Crippen molar-refractivity contribution in [2.75, 3.05) is 32.8 Å². The SMILES string of the molecule is CC(C)(C)OC(=O)N1CCN(Cc2ccc(CCOc3ccc(C(F)(F)F)cc3)cc2F)CC1. The molecule has 2 aromatic rings. The highest BCUT2D eigenvalue weighted by atomic mass is 19.4. The number of rotatable bonds is 6. The number of ether oxygens (including phenoxy) is 2. The van der Waals surface area contributed by atoms with Gasteiger partial charge in [-0.1, -0.05) is 12.1 Å². The first-order chi connectivity index (χ1) is 15.9. The van der Waals surface area contributed by atoms with E-state index in [4.69, 9.17) is 9.47 Å². The molecular weight excluding hydrogens is 452 g/mol. The summed E-state index contributed by atoms with van der Waals surface area (Å²) in [5.74, 6) is 0.0113. The first-order valence-electron chi connectivity index (χ1n) is 11.2. The van der Waals surface area contributed by atoms with Gasteiger partial charge in [-0.25, -0.2) is 9.18 Å². The monoisotopic (exact) mass is 482 g/mol. The van der Waals surface area contributed by atoms with Crippen LogP contribution in [-0.4, -0.2) is 54.3 Å². The number of nitrogens with zero attached hydrogens (tertiary/aromatic N) is 2. The Hall–Kier alpha value is -2.81. The number of amides is 1. The minimum absolute atomic E-state index is 0.219. The van der Waals surface area contributed by atoms with Crippen molar-refractivity contribution < 1.29 is 31.8 Å². The fourth-order valence-electron chi connectivity index (χ4n) is 3.56. The number of halogens is 4. The summed E-state index contributed by atoms with van der Waals surface area (Å²) < 4.78 is 63.4. The number of alkyl halides is 3. The molecule has 186 valence electrons. The zero-order valence-electron chi connectivity index (χ0n) is 19.6. The number of hydrogen-bond donors (Lipinski definition) is 0. The van der Waals surface area contributed by atoms with E-state index >= 15 is 0 Å². The maximum Gasteiger partial charge on any atom is 0.416 e. The molecule has 5 nitrogen and oxygen atoms in total. The van der Waals surface area contributed by atoms with Gasteiger partial charge >= 0.3 is 12.3 Å². The number of piperazine rings is 1. The van der Waals surface area contributed by atoms with Crippen molar-refractivity contribution in [3.63, 3.8) is 0 Å². The maximum atomic E-state index is 14.6. The van der Waals surface area contributed by atoms with Crippen LogP contribution in [-0.2, 0) is 23.9 Å². The summed E-state index contributed by atoms with van der Waals surface area (Å²) in [4.78, 5) is 15.9. The highest BCUT2D eigenvalue weighted by Gasteiger charge is 2.30. The van der Waals surface area contributed by atoms with Crippen molar-refractivity contribution in [3.05, 3.63) is 65.0 Å². The van der Waals surface area contributed by atoms with Crippen LogP contribution in [0.25, 0.3) is 0 Å². The Kier molecular flexibility index (Phi) is 8.07. The van der Waals surface area contributed by atoms with Gasteiger partial charge in [0.2, 0.25) is 0 Å². The molecule has 9 heteroatoms. The molecular formula is C25H30F4N2O3. The summed E-state index contributed by atoms with van der Waals surface area (Å²) >= 11 is 0. The number of benzene rings is 2. The van der Waals surface area contributed by atoms with Gasteiger partial charge in [0.1, 0.15) is 17.2 Å². The Balaban J connectivity index is 1.45. The van der Waals surface area contributed by atoms with Crippen LogP contribution in [0.15, 0.2) is 42.5 Å². The van der Waals surface area contributed by atoms with Gasteiger partial charge in [0.05, 0.1) is 12.2 Å². The molecule has 0 bridgehead atoms. The van der Waals surface area contributed by atoms with Crippen molar-refractivity contribution >= 4 is 6.09 Å². The van der Waals surface area contributed by atoms with Gasteiger partial charge in [-0.2, -0.15) is 13.2 Å². The van der Waals surface area contributed by atoms with E-state index in [1.807, 2.05) is 26.8 Å². The molecule has 1 heterocycles. The van der Waals surface area contributed by atoms with Gasteiger partial charge in [0.15, 0.2) is 0 Å².